The predicted molar refractivity (Wildman–Crippen MR) is 101 cm³/mol. The standard InChI is InChI=1S/C22H18F3N5/c1-30-14-5-6-17(30)18-15(8-14)16(9-26)20(29)21(10-27,11-28)19(18)12-3-2-4-13(7-12)22(23,24)25/h2-4,7-8,14,17-19H,5-6,29H2,1H3/t14-,17-,18+,19-/m1/s1. The van der Waals surface area contributed by atoms with Crippen molar-refractivity contribution < 1.29 is 13.2 Å². The summed E-state index contributed by atoms with van der Waals surface area (Å²) in [6, 6.07) is 10.7. The Balaban J connectivity index is 2.03. The number of benzene rings is 1. The Morgan fingerprint density at radius 3 is 2.47 bits per heavy atom. The van der Waals surface area contributed by atoms with Crippen LogP contribution >= 0.6 is 0 Å². The van der Waals surface area contributed by atoms with E-state index in [0.717, 1.165) is 25.0 Å². The largest absolute Gasteiger partial charge is 0.416 e. The van der Waals surface area contributed by atoms with Gasteiger partial charge in [0.05, 0.1) is 29.0 Å². The lowest BCUT2D eigenvalue weighted by atomic mass is 9.56. The number of allylic oxidation sites excluding steroid dienone is 2. The van der Waals surface area contributed by atoms with Gasteiger partial charge in [0.1, 0.15) is 6.07 Å². The Morgan fingerprint density at radius 2 is 1.87 bits per heavy atom. The molecular formula is C22H18F3N5. The highest BCUT2D eigenvalue weighted by atomic mass is 19.4. The van der Waals surface area contributed by atoms with Gasteiger partial charge in [-0.1, -0.05) is 24.3 Å². The Morgan fingerprint density at radius 1 is 1.17 bits per heavy atom. The van der Waals surface area contributed by atoms with E-state index in [1.807, 2.05) is 25.3 Å². The van der Waals surface area contributed by atoms with Crippen molar-refractivity contribution in [3.8, 4) is 18.2 Å². The maximum absolute atomic E-state index is 13.4. The molecule has 3 aliphatic rings. The summed E-state index contributed by atoms with van der Waals surface area (Å²) >= 11 is 0. The van der Waals surface area contributed by atoms with Crippen LogP contribution in [0.5, 0.6) is 0 Å². The van der Waals surface area contributed by atoms with Crippen LogP contribution in [0.15, 0.2) is 47.2 Å². The van der Waals surface area contributed by atoms with Crippen LogP contribution < -0.4 is 5.73 Å². The third-order valence-electron chi connectivity index (χ3n) is 6.80. The monoisotopic (exact) mass is 409 g/mol. The lowest BCUT2D eigenvalue weighted by Gasteiger charge is -2.48. The molecule has 2 N–H and O–H groups in total. The van der Waals surface area contributed by atoms with Crippen LogP contribution in [0.25, 0.3) is 0 Å². The number of nitrogens with two attached hydrogens (primary N) is 1. The van der Waals surface area contributed by atoms with Gasteiger partial charge in [-0.3, -0.25) is 4.90 Å². The fourth-order valence-corrected chi connectivity index (χ4v) is 5.37. The first-order chi connectivity index (χ1) is 14.2. The van der Waals surface area contributed by atoms with Gasteiger partial charge in [-0.25, -0.2) is 0 Å². The molecule has 1 aromatic carbocycles. The lowest BCUT2D eigenvalue weighted by molar-refractivity contribution is -0.137. The quantitative estimate of drug-likeness (QED) is 0.764. The molecule has 2 heterocycles. The molecule has 0 spiro atoms. The second kappa shape index (κ2) is 6.62. The number of nitrogens with zero attached hydrogens (tertiary/aromatic N) is 4. The molecule has 2 aliphatic heterocycles. The predicted octanol–water partition coefficient (Wildman–Crippen LogP) is 3.59. The second-order valence-corrected chi connectivity index (χ2v) is 8.06. The Kier molecular flexibility index (Phi) is 4.42. The number of likely N-dealkylation sites (N-methyl/N-ethyl adjacent to an activating group) is 1. The third kappa shape index (κ3) is 2.56. The van der Waals surface area contributed by atoms with Crippen LogP contribution in [-0.4, -0.2) is 24.0 Å². The molecule has 1 aliphatic carbocycles. The molecule has 0 aromatic heterocycles. The fourth-order valence-electron chi connectivity index (χ4n) is 5.37. The van der Waals surface area contributed by atoms with Crippen molar-refractivity contribution in [1.82, 2.24) is 4.90 Å². The highest BCUT2D eigenvalue weighted by Crippen LogP contribution is 2.58. The summed E-state index contributed by atoms with van der Waals surface area (Å²) in [7, 11) is 1.92. The topological polar surface area (TPSA) is 101 Å². The second-order valence-electron chi connectivity index (χ2n) is 8.06. The highest BCUT2D eigenvalue weighted by Gasteiger charge is 2.58. The normalized spacial score (nSPS) is 30.0. The Bertz CT molecular complexity index is 1080. The number of fused-ring (bicyclic) bond motifs is 4. The number of hydrogen-bond acceptors (Lipinski definition) is 5. The van der Waals surface area contributed by atoms with Crippen LogP contribution in [0.2, 0.25) is 0 Å². The van der Waals surface area contributed by atoms with E-state index in [4.69, 9.17) is 5.73 Å². The van der Waals surface area contributed by atoms with E-state index in [-0.39, 0.29) is 28.9 Å². The highest BCUT2D eigenvalue weighted by molar-refractivity contribution is 5.60. The molecule has 0 unspecified atom stereocenters. The first-order valence-corrected chi connectivity index (χ1v) is 9.53. The van der Waals surface area contributed by atoms with E-state index in [2.05, 4.69) is 11.0 Å². The van der Waals surface area contributed by atoms with Gasteiger partial charge in [0.2, 0.25) is 0 Å². The molecule has 1 saturated heterocycles. The number of nitriles is 3. The van der Waals surface area contributed by atoms with E-state index in [1.54, 1.807) is 0 Å². The summed E-state index contributed by atoms with van der Waals surface area (Å²) in [6.45, 7) is 0. The summed E-state index contributed by atoms with van der Waals surface area (Å²) in [4.78, 5) is 2.12. The molecule has 1 fully saturated rings. The van der Waals surface area contributed by atoms with E-state index in [0.29, 0.717) is 5.57 Å². The number of alkyl halides is 3. The minimum Gasteiger partial charge on any atom is -0.399 e. The summed E-state index contributed by atoms with van der Waals surface area (Å²) < 4.78 is 40.2. The maximum Gasteiger partial charge on any atom is 0.416 e. The van der Waals surface area contributed by atoms with Crippen molar-refractivity contribution in [2.24, 2.45) is 17.1 Å². The van der Waals surface area contributed by atoms with Gasteiger partial charge in [0.25, 0.3) is 0 Å². The maximum atomic E-state index is 13.4. The van der Waals surface area contributed by atoms with Crippen LogP contribution in [0.3, 0.4) is 0 Å². The van der Waals surface area contributed by atoms with Gasteiger partial charge in [0.15, 0.2) is 5.41 Å². The lowest BCUT2D eigenvalue weighted by Crippen LogP contribution is -2.51. The minimum atomic E-state index is -4.56. The van der Waals surface area contributed by atoms with Gasteiger partial charge in [-0.05, 0) is 37.1 Å². The van der Waals surface area contributed by atoms with Gasteiger partial charge in [0, 0.05) is 23.9 Å². The average molecular weight is 409 g/mol. The van der Waals surface area contributed by atoms with Crippen LogP contribution in [-0.2, 0) is 6.18 Å². The van der Waals surface area contributed by atoms with Crippen molar-refractivity contribution in [3.05, 3.63) is 58.3 Å². The molecule has 30 heavy (non-hydrogen) atoms. The van der Waals surface area contributed by atoms with Gasteiger partial charge < -0.3 is 5.73 Å². The molecule has 2 bridgehead atoms. The Labute approximate surface area is 172 Å². The zero-order valence-corrected chi connectivity index (χ0v) is 16.1. The van der Waals surface area contributed by atoms with E-state index < -0.39 is 29.0 Å². The molecule has 152 valence electrons. The molecule has 0 amide bonds. The molecule has 0 radical (unpaired) electrons. The van der Waals surface area contributed by atoms with Crippen molar-refractivity contribution in [2.45, 2.75) is 37.0 Å². The summed E-state index contributed by atoms with van der Waals surface area (Å²) in [5, 5.41) is 29.9. The number of rotatable bonds is 1. The van der Waals surface area contributed by atoms with Crippen molar-refractivity contribution >= 4 is 0 Å². The van der Waals surface area contributed by atoms with E-state index in [9.17, 15) is 29.0 Å². The molecule has 0 saturated carbocycles. The third-order valence-corrected chi connectivity index (χ3v) is 6.80. The van der Waals surface area contributed by atoms with Crippen molar-refractivity contribution in [2.75, 3.05) is 7.05 Å². The number of halogens is 3. The molecule has 5 nitrogen and oxygen atoms in total. The van der Waals surface area contributed by atoms with Crippen molar-refractivity contribution in [1.29, 1.82) is 15.8 Å². The first kappa shape index (κ1) is 20.0. The summed E-state index contributed by atoms with van der Waals surface area (Å²) in [6.07, 6.45) is -1.04. The van der Waals surface area contributed by atoms with Gasteiger partial charge >= 0.3 is 6.18 Å². The van der Waals surface area contributed by atoms with Gasteiger partial charge in [-0.15, -0.1) is 0 Å². The average Bonchev–Trinajstić information content (AvgIpc) is 2.95. The van der Waals surface area contributed by atoms with E-state index >= 15 is 0 Å². The Hall–Kier alpha value is -3.28. The molecule has 1 aromatic rings. The fraction of sp³-hybridized carbons (Fsp3) is 0.409. The van der Waals surface area contributed by atoms with Crippen molar-refractivity contribution in [3.63, 3.8) is 0 Å². The number of hydrogen-bond donors (Lipinski definition) is 1. The smallest absolute Gasteiger partial charge is 0.399 e. The van der Waals surface area contributed by atoms with Crippen LogP contribution in [0.4, 0.5) is 13.2 Å². The minimum absolute atomic E-state index is 0.0937. The molecule has 8 heteroatoms. The van der Waals surface area contributed by atoms with Crippen LogP contribution in [0, 0.1) is 45.3 Å². The SMILES string of the molecule is CN1[C@@H]2CC[C@@H]1C=C1C(C#N)=C(N)C(C#N)(C#N)[C@H](c3cccc(C(F)(F)F)c3)[C@@H]12. The summed E-state index contributed by atoms with van der Waals surface area (Å²) in [5.74, 6) is -1.41. The van der Waals surface area contributed by atoms with Gasteiger partial charge in [-0.2, -0.15) is 29.0 Å². The molecule has 4 rings (SSSR count). The summed E-state index contributed by atoms with van der Waals surface area (Å²) in [5.41, 5.74) is 4.24. The first-order valence-electron chi connectivity index (χ1n) is 9.53. The molecule has 4 atom stereocenters. The molecular weight excluding hydrogens is 391 g/mol. The van der Waals surface area contributed by atoms with Crippen LogP contribution in [0.1, 0.15) is 29.9 Å². The zero-order chi connectivity index (χ0) is 21.8. The zero-order valence-electron chi connectivity index (χ0n) is 16.1. The van der Waals surface area contributed by atoms with E-state index in [1.165, 1.54) is 12.1 Å².